The molecule has 3 aliphatic heterocycles. The summed E-state index contributed by atoms with van der Waals surface area (Å²) in [6.07, 6.45) is 1.49. The summed E-state index contributed by atoms with van der Waals surface area (Å²) in [5.41, 5.74) is 2.63. The molecule has 7 atom stereocenters. The van der Waals surface area contributed by atoms with Crippen LogP contribution in [-0.4, -0.2) is 107 Å². The van der Waals surface area contributed by atoms with E-state index in [4.69, 9.17) is 33.6 Å². The number of amides is 2. The highest BCUT2D eigenvalue weighted by molar-refractivity contribution is 5.95. The van der Waals surface area contributed by atoms with Crippen LogP contribution >= 0.6 is 0 Å². The molecule has 15 nitrogen and oxygen atoms in total. The Labute approximate surface area is 354 Å². The highest BCUT2D eigenvalue weighted by atomic mass is 16.8. The third kappa shape index (κ3) is 8.68. The lowest BCUT2D eigenvalue weighted by Gasteiger charge is -2.48. The third-order valence-corrected chi connectivity index (χ3v) is 12.0. The molecule has 0 unspecified atom stereocenters. The fourth-order valence-electron chi connectivity index (χ4n) is 9.34. The molecule has 1 saturated carbocycles. The van der Waals surface area contributed by atoms with Crippen LogP contribution in [0.25, 0.3) is 6.08 Å². The maximum atomic E-state index is 15.0. The average molecular weight is 840 g/mol. The highest BCUT2D eigenvalue weighted by Gasteiger charge is 2.76. The number of hydroxylamine groups is 2. The molecule has 2 amide bonds. The molecule has 2 aliphatic carbocycles. The molecule has 3 saturated heterocycles. The number of ether oxygens (including phenoxy) is 5. The second-order valence-corrected chi connectivity index (χ2v) is 17.4. The molecule has 15 heteroatoms. The molecule has 8 rings (SSSR count). The van der Waals surface area contributed by atoms with Crippen LogP contribution in [0.5, 0.6) is 0 Å². The van der Waals surface area contributed by atoms with Crippen molar-refractivity contribution in [2.75, 3.05) is 19.8 Å². The van der Waals surface area contributed by atoms with Gasteiger partial charge in [0.05, 0.1) is 32.1 Å². The van der Waals surface area contributed by atoms with Crippen molar-refractivity contribution in [1.82, 2.24) is 15.7 Å². The van der Waals surface area contributed by atoms with Crippen LogP contribution in [0.1, 0.15) is 78.2 Å². The average Bonchev–Trinajstić information content (AvgIpc) is 3.91. The van der Waals surface area contributed by atoms with E-state index in [1.165, 1.54) is 11.3 Å². The predicted molar refractivity (Wildman–Crippen MR) is 218 cm³/mol. The number of nitrogens with one attached hydrogen (secondary N) is 2. The Kier molecular flexibility index (Phi) is 12.1. The first-order chi connectivity index (χ1) is 29.3. The molecule has 324 valence electrons. The van der Waals surface area contributed by atoms with Crippen LogP contribution in [0.3, 0.4) is 0 Å². The monoisotopic (exact) mass is 839 g/mol. The van der Waals surface area contributed by atoms with Gasteiger partial charge in [0.2, 0.25) is 5.91 Å². The van der Waals surface area contributed by atoms with Gasteiger partial charge in [0.1, 0.15) is 42.0 Å². The van der Waals surface area contributed by atoms with Gasteiger partial charge in [-0.25, -0.2) is 0 Å². The van der Waals surface area contributed by atoms with Gasteiger partial charge in [0, 0.05) is 37.8 Å². The van der Waals surface area contributed by atoms with Crippen molar-refractivity contribution in [2.24, 2.45) is 5.41 Å². The number of hydrogen-bond acceptors (Lipinski definition) is 13. The Morgan fingerprint density at radius 1 is 0.984 bits per heavy atom. The quantitative estimate of drug-likeness (QED) is 0.0992. The normalized spacial score (nSPS) is 26.4. The summed E-state index contributed by atoms with van der Waals surface area (Å²) in [4.78, 5) is 61.6. The Balaban J connectivity index is 1.03. The number of carbonyl (C=O) groups is 4. The maximum Gasteiger partial charge on any atom is 0.327 e. The number of nitrogens with zero attached hydrogens (tertiary/aromatic N) is 1. The number of benzene rings is 3. The van der Waals surface area contributed by atoms with Crippen molar-refractivity contribution in [3.05, 3.63) is 112 Å². The van der Waals surface area contributed by atoms with Crippen LogP contribution < -0.4 is 10.6 Å². The summed E-state index contributed by atoms with van der Waals surface area (Å²) < 4.78 is 30.5. The zero-order valence-corrected chi connectivity index (χ0v) is 34.5. The Hall–Kier alpha value is -5.16. The van der Waals surface area contributed by atoms with E-state index < -0.39 is 77.1 Å². The minimum Gasteiger partial charge on any atom is -0.499 e. The van der Waals surface area contributed by atoms with Gasteiger partial charge in [-0.2, -0.15) is 5.06 Å². The molecule has 0 aromatic heterocycles. The summed E-state index contributed by atoms with van der Waals surface area (Å²) in [6.45, 7) is 5.09. The fourth-order valence-corrected chi connectivity index (χ4v) is 9.34. The number of fused-ring (bicyclic) bond motifs is 5. The minimum absolute atomic E-state index is 0.0193. The standard InChI is InChI=1S/C46H53N3O12/c1-44(2,3)58-36(52)16-15-34(27-51)48-41(53)30-14-8-9-28(21-30)25-47-43(55)46-24-35-37-38(60-45(59-37)22-31-11-5-6-12-32(31)23-45)40(46)61-49(39(46)42(54)57-35)26-33-13-7-4-10-29(33)17-19-56-20-18-50/h4-14,17,19,21,34-35,37-40,50-51H,15-16,18,20,22-27H2,1-3H3,(H,47,55)(H,48,53)/t34-,35+,37-,38-,39-,40+,46-/m0/s1. The first-order valence-electron chi connectivity index (χ1n) is 20.9. The van der Waals surface area contributed by atoms with Gasteiger partial charge < -0.3 is 44.5 Å². The van der Waals surface area contributed by atoms with Crippen LogP contribution in [-0.2, 0) is 68.8 Å². The Morgan fingerprint density at radius 3 is 2.46 bits per heavy atom. The van der Waals surface area contributed by atoms with Gasteiger partial charge in [0.15, 0.2) is 11.8 Å². The number of rotatable bonds is 15. The van der Waals surface area contributed by atoms with Crippen molar-refractivity contribution < 1.29 is 57.9 Å². The lowest BCUT2D eigenvalue weighted by atomic mass is 9.62. The highest BCUT2D eigenvalue weighted by Crippen LogP contribution is 2.58. The number of carbonyl (C=O) groups excluding carboxylic acids is 4. The topological polar surface area (TPSA) is 191 Å². The number of aliphatic hydroxyl groups is 2. The van der Waals surface area contributed by atoms with E-state index in [1.807, 2.05) is 48.5 Å². The van der Waals surface area contributed by atoms with Crippen molar-refractivity contribution >= 4 is 29.8 Å². The molecule has 3 aromatic rings. The van der Waals surface area contributed by atoms with Crippen LogP contribution in [0.15, 0.2) is 79.1 Å². The van der Waals surface area contributed by atoms with Gasteiger partial charge in [-0.3, -0.25) is 24.0 Å². The van der Waals surface area contributed by atoms with Gasteiger partial charge in [-0.05, 0) is 73.2 Å². The zero-order valence-electron chi connectivity index (χ0n) is 34.5. The Morgan fingerprint density at radius 2 is 1.72 bits per heavy atom. The molecule has 5 aliphatic rings. The number of aliphatic hydroxyl groups excluding tert-OH is 2. The molecule has 4 fully saturated rings. The van der Waals surface area contributed by atoms with Crippen LogP contribution in [0.2, 0.25) is 0 Å². The maximum absolute atomic E-state index is 15.0. The molecule has 3 heterocycles. The molecule has 0 radical (unpaired) electrons. The van der Waals surface area contributed by atoms with E-state index in [-0.39, 0.29) is 52.2 Å². The number of esters is 2. The largest absolute Gasteiger partial charge is 0.499 e. The molecule has 2 bridgehead atoms. The van der Waals surface area contributed by atoms with E-state index in [0.717, 1.165) is 22.3 Å². The first-order valence-corrected chi connectivity index (χ1v) is 20.9. The van der Waals surface area contributed by atoms with E-state index in [9.17, 15) is 24.3 Å². The molecular formula is C46H53N3O12. The van der Waals surface area contributed by atoms with Crippen molar-refractivity contribution in [3.63, 3.8) is 0 Å². The van der Waals surface area contributed by atoms with Gasteiger partial charge >= 0.3 is 11.9 Å². The second kappa shape index (κ2) is 17.3. The lowest BCUT2D eigenvalue weighted by Crippen LogP contribution is -2.69. The van der Waals surface area contributed by atoms with Crippen molar-refractivity contribution in [1.29, 1.82) is 0 Å². The van der Waals surface area contributed by atoms with E-state index >= 15 is 0 Å². The summed E-state index contributed by atoms with van der Waals surface area (Å²) in [5.74, 6) is -2.92. The van der Waals surface area contributed by atoms with Gasteiger partial charge in [0.25, 0.3) is 5.91 Å². The van der Waals surface area contributed by atoms with E-state index in [0.29, 0.717) is 24.0 Å². The smallest absolute Gasteiger partial charge is 0.327 e. The van der Waals surface area contributed by atoms with Crippen LogP contribution in [0.4, 0.5) is 0 Å². The zero-order chi connectivity index (χ0) is 42.9. The first kappa shape index (κ1) is 42.5. The lowest BCUT2D eigenvalue weighted by molar-refractivity contribution is -0.217. The van der Waals surface area contributed by atoms with E-state index in [2.05, 4.69) is 10.6 Å². The third-order valence-electron chi connectivity index (χ3n) is 12.0. The molecular weight excluding hydrogens is 787 g/mol. The molecule has 3 aromatic carbocycles. The van der Waals surface area contributed by atoms with Crippen molar-refractivity contribution in [3.8, 4) is 0 Å². The summed E-state index contributed by atoms with van der Waals surface area (Å²) in [6, 6.07) is 20.5. The number of hydrogen-bond donors (Lipinski definition) is 4. The molecule has 4 N–H and O–H groups in total. The summed E-state index contributed by atoms with van der Waals surface area (Å²) in [5, 5.41) is 26.5. The Bertz CT molecular complexity index is 2150. The van der Waals surface area contributed by atoms with Crippen molar-refractivity contribution in [2.45, 2.75) is 114 Å². The van der Waals surface area contributed by atoms with E-state index in [1.54, 1.807) is 51.1 Å². The second-order valence-electron chi connectivity index (χ2n) is 17.4. The van der Waals surface area contributed by atoms with Crippen LogP contribution in [0, 0.1) is 5.41 Å². The predicted octanol–water partition coefficient (Wildman–Crippen LogP) is 3.27. The minimum atomic E-state index is -1.44. The fraction of sp³-hybridized carbons (Fsp3) is 0.478. The summed E-state index contributed by atoms with van der Waals surface area (Å²) >= 11 is 0. The summed E-state index contributed by atoms with van der Waals surface area (Å²) in [7, 11) is 0. The van der Waals surface area contributed by atoms with Gasteiger partial charge in [-0.1, -0.05) is 60.7 Å². The van der Waals surface area contributed by atoms with Gasteiger partial charge in [-0.15, -0.1) is 0 Å². The molecule has 1 spiro atoms. The molecule has 61 heavy (non-hydrogen) atoms. The SMILES string of the molecule is CC(C)(C)OC(=O)CC[C@@H](CO)NC(=O)c1cccc(CNC(=O)[C@@]23C[C@H]4OC(=O)[C@@H]2N(Cc2ccccc2C=COCCO)O[C@@H]3[C@H]2OC3(Cc5ccccc5C3)O[C@H]24)c1.